The van der Waals surface area contributed by atoms with Gasteiger partial charge in [0.05, 0.1) is 23.6 Å². The number of benzene rings is 1. The highest BCUT2D eigenvalue weighted by atomic mass is 35.5. The molecule has 2 heterocycles. The van der Waals surface area contributed by atoms with Crippen molar-refractivity contribution < 1.29 is 9.53 Å². The number of ether oxygens (including phenoxy) is 1. The van der Waals surface area contributed by atoms with Gasteiger partial charge in [-0.05, 0) is 25.0 Å². The maximum atomic E-state index is 11.4. The summed E-state index contributed by atoms with van der Waals surface area (Å²) in [5.41, 5.74) is 0.813. The number of rotatable bonds is 5. The monoisotopic (exact) mass is 352 g/mol. The molecule has 23 heavy (non-hydrogen) atoms. The highest BCUT2D eigenvalue weighted by Gasteiger charge is 2.23. The van der Waals surface area contributed by atoms with E-state index < -0.39 is 0 Å². The summed E-state index contributed by atoms with van der Waals surface area (Å²) in [6, 6.07) is 7.56. The van der Waals surface area contributed by atoms with Crippen molar-refractivity contribution in [2.45, 2.75) is 18.0 Å². The van der Waals surface area contributed by atoms with Crippen LogP contribution in [0.5, 0.6) is 0 Å². The predicted molar refractivity (Wildman–Crippen MR) is 90.6 cm³/mol. The van der Waals surface area contributed by atoms with E-state index in [9.17, 15) is 4.79 Å². The summed E-state index contributed by atoms with van der Waals surface area (Å²) in [5, 5.41) is 9.83. The van der Waals surface area contributed by atoms with Gasteiger partial charge >= 0.3 is 5.97 Å². The molecule has 0 saturated carbocycles. The van der Waals surface area contributed by atoms with Gasteiger partial charge in [0.2, 0.25) is 5.95 Å². The maximum absolute atomic E-state index is 11.4. The van der Waals surface area contributed by atoms with E-state index in [2.05, 4.69) is 15.1 Å². The number of anilines is 1. The fourth-order valence-electron chi connectivity index (χ4n) is 2.50. The molecule has 0 spiro atoms. The number of thioether (sulfide) groups is 1. The largest absolute Gasteiger partial charge is 0.468 e. The summed E-state index contributed by atoms with van der Waals surface area (Å²) in [6.45, 7) is 1.90. The second-order valence-electron chi connectivity index (χ2n) is 5.13. The molecule has 122 valence electrons. The molecule has 0 N–H and O–H groups in total. The van der Waals surface area contributed by atoms with Crippen LogP contribution in [0.25, 0.3) is 5.69 Å². The third-order valence-corrected chi connectivity index (χ3v) is 4.87. The van der Waals surface area contributed by atoms with Crippen LogP contribution in [0, 0.1) is 0 Å². The zero-order valence-electron chi connectivity index (χ0n) is 12.7. The normalized spacial score (nSPS) is 14.3. The number of carbonyl (C=O) groups is 1. The van der Waals surface area contributed by atoms with Crippen LogP contribution >= 0.6 is 23.4 Å². The van der Waals surface area contributed by atoms with E-state index in [0.717, 1.165) is 37.6 Å². The first-order chi connectivity index (χ1) is 11.2. The second kappa shape index (κ2) is 7.23. The first-order valence-corrected chi connectivity index (χ1v) is 8.72. The number of para-hydroxylation sites is 1. The van der Waals surface area contributed by atoms with Gasteiger partial charge in [0.1, 0.15) is 0 Å². The molecule has 0 radical (unpaired) electrons. The van der Waals surface area contributed by atoms with E-state index in [1.165, 1.54) is 18.9 Å². The lowest BCUT2D eigenvalue weighted by Gasteiger charge is -2.18. The average Bonchev–Trinajstić information content (AvgIpc) is 3.22. The molecule has 1 aliphatic rings. The van der Waals surface area contributed by atoms with Crippen LogP contribution in [0.15, 0.2) is 29.4 Å². The molecule has 0 bridgehead atoms. The standard InChI is InChI=1S/C15H17ClN4O2S/c1-22-13(21)10-23-15-18-17-14(19-8-4-5-9-19)20(15)12-7-3-2-6-11(12)16/h2-3,6-7H,4-5,8-10H2,1H3. The van der Waals surface area contributed by atoms with E-state index in [1.807, 2.05) is 28.8 Å². The number of nitrogens with zero attached hydrogens (tertiary/aromatic N) is 4. The van der Waals surface area contributed by atoms with Gasteiger partial charge in [-0.2, -0.15) is 0 Å². The lowest BCUT2D eigenvalue weighted by atomic mass is 10.3. The Bertz CT molecular complexity index is 701. The Labute approximate surface area is 143 Å². The molecule has 0 amide bonds. The minimum Gasteiger partial charge on any atom is -0.468 e. The fourth-order valence-corrected chi connectivity index (χ4v) is 3.50. The molecule has 1 fully saturated rings. The Morgan fingerprint density at radius 3 is 2.74 bits per heavy atom. The van der Waals surface area contributed by atoms with Gasteiger partial charge in [-0.1, -0.05) is 35.5 Å². The topological polar surface area (TPSA) is 60.2 Å². The van der Waals surface area contributed by atoms with E-state index >= 15 is 0 Å². The van der Waals surface area contributed by atoms with Crippen LogP contribution in [0.3, 0.4) is 0 Å². The van der Waals surface area contributed by atoms with E-state index in [1.54, 1.807) is 0 Å². The van der Waals surface area contributed by atoms with Gasteiger partial charge in [0.15, 0.2) is 5.16 Å². The minimum atomic E-state index is -0.300. The van der Waals surface area contributed by atoms with Crippen LogP contribution in [0.2, 0.25) is 5.02 Å². The van der Waals surface area contributed by atoms with Crippen LogP contribution in [-0.4, -0.2) is 46.7 Å². The van der Waals surface area contributed by atoms with Gasteiger partial charge in [-0.3, -0.25) is 9.36 Å². The van der Waals surface area contributed by atoms with Crippen molar-refractivity contribution in [3.63, 3.8) is 0 Å². The Morgan fingerprint density at radius 2 is 2.04 bits per heavy atom. The molecule has 1 aromatic carbocycles. The van der Waals surface area contributed by atoms with Crippen molar-refractivity contribution in [2.24, 2.45) is 0 Å². The Morgan fingerprint density at radius 1 is 1.30 bits per heavy atom. The number of aromatic nitrogens is 3. The summed E-state index contributed by atoms with van der Waals surface area (Å²) < 4.78 is 6.61. The van der Waals surface area contributed by atoms with Crippen LogP contribution in [-0.2, 0) is 9.53 Å². The van der Waals surface area contributed by atoms with Crippen molar-refractivity contribution in [1.29, 1.82) is 0 Å². The molecule has 8 heteroatoms. The molecule has 6 nitrogen and oxygen atoms in total. The Kier molecular flexibility index (Phi) is 5.07. The van der Waals surface area contributed by atoms with Crippen molar-refractivity contribution in [2.75, 3.05) is 30.9 Å². The van der Waals surface area contributed by atoms with Gasteiger partial charge in [-0.15, -0.1) is 10.2 Å². The highest BCUT2D eigenvalue weighted by Crippen LogP contribution is 2.31. The van der Waals surface area contributed by atoms with Crippen molar-refractivity contribution in [3.8, 4) is 5.69 Å². The number of hydrogen-bond acceptors (Lipinski definition) is 6. The molecular formula is C15H17ClN4O2S. The fraction of sp³-hybridized carbons (Fsp3) is 0.400. The molecule has 1 aromatic heterocycles. The number of esters is 1. The van der Waals surface area contributed by atoms with Gasteiger partial charge in [-0.25, -0.2) is 0 Å². The molecular weight excluding hydrogens is 336 g/mol. The maximum Gasteiger partial charge on any atom is 0.316 e. The summed E-state index contributed by atoms with van der Waals surface area (Å²) in [7, 11) is 1.37. The predicted octanol–water partition coefficient (Wildman–Crippen LogP) is 2.79. The van der Waals surface area contributed by atoms with Crippen LogP contribution in [0.4, 0.5) is 5.95 Å². The first kappa shape index (κ1) is 16.1. The number of halogens is 1. The third kappa shape index (κ3) is 3.45. The first-order valence-electron chi connectivity index (χ1n) is 7.35. The zero-order valence-corrected chi connectivity index (χ0v) is 14.3. The summed E-state index contributed by atoms with van der Waals surface area (Å²) in [6.07, 6.45) is 2.28. The smallest absolute Gasteiger partial charge is 0.316 e. The summed E-state index contributed by atoms with van der Waals surface area (Å²) in [5.74, 6) is 0.647. The summed E-state index contributed by atoms with van der Waals surface area (Å²) >= 11 is 7.65. The molecule has 0 atom stereocenters. The molecule has 1 saturated heterocycles. The van der Waals surface area contributed by atoms with E-state index in [0.29, 0.717) is 10.2 Å². The minimum absolute atomic E-state index is 0.180. The quantitative estimate of drug-likeness (QED) is 0.609. The van der Waals surface area contributed by atoms with Crippen LogP contribution in [0.1, 0.15) is 12.8 Å². The number of carbonyl (C=O) groups excluding carboxylic acids is 1. The molecule has 0 aliphatic carbocycles. The highest BCUT2D eigenvalue weighted by molar-refractivity contribution is 7.99. The van der Waals surface area contributed by atoms with Crippen LogP contribution < -0.4 is 4.90 Å². The Balaban J connectivity index is 1.99. The van der Waals surface area contributed by atoms with E-state index in [4.69, 9.17) is 16.3 Å². The van der Waals surface area contributed by atoms with Crippen molar-refractivity contribution in [1.82, 2.24) is 14.8 Å². The number of methoxy groups -OCH3 is 1. The van der Waals surface area contributed by atoms with Gasteiger partial charge < -0.3 is 9.64 Å². The third-order valence-electron chi connectivity index (χ3n) is 3.65. The lowest BCUT2D eigenvalue weighted by Crippen LogP contribution is -2.22. The van der Waals surface area contributed by atoms with Gasteiger partial charge in [0.25, 0.3) is 0 Å². The SMILES string of the molecule is COC(=O)CSc1nnc(N2CCCC2)n1-c1ccccc1Cl. The molecule has 1 aliphatic heterocycles. The molecule has 0 unspecified atom stereocenters. The number of hydrogen-bond donors (Lipinski definition) is 0. The van der Waals surface area contributed by atoms with E-state index in [-0.39, 0.29) is 11.7 Å². The average molecular weight is 353 g/mol. The van der Waals surface area contributed by atoms with Crippen molar-refractivity contribution >= 4 is 35.3 Å². The zero-order chi connectivity index (χ0) is 16.2. The van der Waals surface area contributed by atoms with Gasteiger partial charge in [0, 0.05) is 13.1 Å². The summed E-state index contributed by atoms with van der Waals surface area (Å²) in [4.78, 5) is 13.6. The second-order valence-corrected chi connectivity index (χ2v) is 6.48. The lowest BCUT2D eigenvalue weighted by molar-refractivity contribution is -0.137. The Hall–Kier alpha value is -1.73. The molecule has 2 aromatic rings. The van der Waals surface area contributed by atoms with Crippen molar-refractivity contribution in [3.05, 3.63) is 29.3 Å². The molecule has 3 rings (SSSR count).